The van der Waals surface area contributed by atoms with E-state index in [1.54, 1.807) is 4.90 Å². The highest BCUT2D eigenvalue weighted by molar-refractivity contribution is 7.17. The van der Waals surface area contributed by atoms with Gasteiger partial charge < -0.3 is 14.7 Å². The van der Waals surface area contributed by atoms with Crippen LogP contribution in [0.2, 0.25) is 0 Å². The van der Waals surface area contributed by atoms with Crippen LogP contribution in [-0.2, 0) is 9.53 Å². The summed E-state index contributed by atoms with van der Waals surface area (Å²) in [6, 6.07) is 7.71. The highest BCUT2D eigenvalue weighted by Crippen LogP contribution is 2.30. The average Bonchev–Trinajstić information content (AvgIpc) is 3.12. The minimum atomic E-state index is -1.28. The smallest absolute Gasteiger partial charge is 0.337 e. The van der Waals surface area contributed by atoms with Crippen LogP contribution in [0.25, 0.3) is 10.1 Å². The molecule has 1 atom stereocenters. The Bertz CT molecular complexity index is 711. The Hall–Kier alpha value is -1.92. The van der Waals surface area contributed by atoms with E-state index in [1.165, 1.54) is 18.4 Å². The first kappa shape index (κ1) is 14.0. The third-order valence-electron chi connectivity index (χ3n) is 4.01. The number of ether oxygens (including phenoxy) is 1. The van der Waals surface area contributed by atoms with E-state index in [-0.39, 0.29) is 12.5 Å². The molecule has 1 N–H and O–H groups in total. The van der Waals surface area contributed by atoms with Crippen molar-refractivity contribution < 1.29 is 19.4 Å². The number of hydrogen-bond donors (Lipinski definition) is 1. The van der Waals surface area contributed by atoms with E-state index >= 15 is 0 Å². The number of amides is 1. The zero-order chi connectivity index (χ0) is 15.0. The van der Waals surface area contributed by atoms with E-state index in [2.05, 4.69) is 0 Å². The van der Waals surface area contributed by atoms with Crippen LogP contribution in [-0.4, -0.2) is 47.7 Å². The number of aliphatic carboxylic acids is 1. The Morgan fingerprint density at radius 3 is 2.81 bits per heavy atom. The van der Waals surface area contributed by atoms with E-state index in [9.17, 15) is 14.7 Å². The molecular weight excluding hydrogens is 290 g/mol. The van der Waals surface area contributed by atoms with Crippen LogP contribution < -0.4 is 0 Å². The van der Waals surface area contributed by atoms with Crippen molar-refractivity contribution >= 4 is 33.3 Å². The summed E-state index contributed by atoms with van der Waals surface area (Å²) in [5.74, 6) is -1.15. The number of benzene rings is 1. The number of fused-ring (bicyclic) bond motifs is 1. The van der Waals surface area contributed by atoms with Gasteiger partial charge in [0.25, 0.3) is 5.91 Å². The largest absolute Gasteiger partial charge is 0.479 e. The Morgan fingerprint density at radius 1 is 1.38 bits per heavy atom. The normalized spacial score (nSPS) is 21.9. The van der Waals surface area contributed by atoms with Crippen LogP contribution in [0.4, 0.5) is 0 Å². The fourth-order valence-corrected chi connectivity index (χ4v) is 3.63. The number of carbonyl (C=O) groups excluding carboxylic acids is 1. The molecule has 2 aromatic rings. The highest BCUT2D eigenvalue weighted by atomic mass is 32.1. The molecule has 6 heteroatoms. The van der Waals surface area contributed by atoms with Crippen LogP contribution in [0.1, 0.15) is 16.8 Å². The van der Waals surface area contributed by atoms with E-state index in [0.717, 1.165) is 10.1 Å². The third kappa shape index (κ3) is 2.20. The summed E-state index contributed by atoms with van der Waals surface area (Å²) in [6.45, 7) is 0.477. The number of carboxylic acids is 1. The fourth-order valence-electron chi connectivity index (χ4n) is 2.70. The topological polar surface area (TPSA) is 66.8 Å². The minimum Gasteiger partial charge on any atom is -0.479 e. The maximum absolute atomic E-state index is 12.6. The summed E-state index contributed by atoms with van der Waals surface area (Å²) in [5, 5.41) is 12.1. The predicted octanol–water partition coefficient (Wildman–Crippen LogP) is 2.22. The van der Waals surface area contributed by atoms with Gasteiger partial charge in [0, 0.05) is 35.5 Å². The number of nitrogens with zero attached hydrogens (tertiary/aromatic N) is 1. The molecule has 1 saturated heterocycles. The Labute approximate surface area is 125 Å². The molecule has 5 nitrogen and oxygen atoms in total. The molecule has 1 amide bonds. The standard InChI is InChI=1S/C15H15NO4S/c1-20-15(14(18)19)6-7-16(9-15)13(17)11-8-21-12-5-3-2-4-10(11)12/h2-5,8H,6-7,9H2,1H3,(H,18,19). The summed E-state index contributed by atoms with van der Waals surface area (Å²) in [6.07, 6.45) is 0.312. The lowest BCUT2D eigenvalue weighted by Crippen LogP contribution is -2.44. The lowest BCUT2D eigenvalue weighted by Gasteiger charge is -2.23. The maximum atomic E-state index is 12.6. The summed E-state index contributed by atoms with van der Waals surface area (Å²) < 4.78 is 6.21. The number of methoxy groups -OCH3 is 1. The number of carboxylic acid groups (broad SMARTS) is 1. The number of carbonyl (C=O) groups is 2. The molecule has 1 aliphatic heterocycles. The van der Waals surface area contributed by atoms with Crippen LogP contribution in [0.5, 0.6) is 0 Å². The van der Waals surface area contributed by atoms with E-state index in [0.29, 0.717) is 18.5 Å². The number of hydrogen-bond acceptors (Lipinski definition) is 4. The molecule has 110 valence electrons. The van der Waals surface area contributed by atoms with Gasteiger partial charge in [-0.15, -0.1) is 11.3 Å². The van der Waals surface area contributed by atoms with Crippen LogP contribution >= 0.6 is 11.3 Å². The summed E-state index contributed by atoms with van der Waals surface area (Å²) >= 11 is 1.52. The van der Waals surface area contributed by atoms with Crippen molar-refractivity contribution in [2.45, 2.75) is 12.0 Å². The van der Waals surface area contributed by atoms with Gasteiger partial charge in [-0.2, -0.15) is 0 Å². The van der Waals surface area contributed by atoms with Gasteiger partial charge in [-0.05, 0) is 6.07 Å². The van der Waals surface area contributed by atoms with E-state index in [1.807, 2.05) is 29.6 Å². The molecule has 0 radical (unpaired) electrons. The fraction of sp³-hybridized carbons (Fsp3) is 0.333. The van der Waals surface area contributed by atoms with Crippen molar-refractivity contribution in [3.05, 3.63) is 35.2 Å². The van der Waals surface area contributed by atoms with Crippen LogP contribution in [0.15, 0.2) is 29.6 Å². The van der Waals surface area contributed by atoms with Crippen molar-refractivity contribution in [3.8, 4) is 0 Å². The number of likely N-dealkylation sites (tertiary alicyclic amines) is 1. The van der Waals surface area contributed by atoms with Gasteiger partial charge in [0.05, 0.1) is 12.1 Å². The SMILES string of the molecule is COC1(C(=O)O)CCN(C(=O)c2csc3ccccc23)C1. The molecule has 0 saturated carbocycles. The second-order valence-corrected chi connectivity index (χ2v) is 6.04. The van der Waals surface area contributed by atoms with Gasteiger partial charge >= 0.3 is 5.97 Å². The second-order valence-electron chi connectivity index (χ2n) is 5.13. The summed E-state index contributed by atoms with van der Waals surface area (Å²) in [4.78, 5) is 25.6. The minimum absolute atomic E-state index is 0.0852. The van der Waals surface area contributed by atoms with Crippen LogP contribution in [0, 0.1) is 0 Å². The zero-order valence-electron chi connectivity index (χ0n) is 11.5. The molecule has 1 aromatic heterocycles. The first-order chi connectivity index (χ1) is 10.1. The molecule has 1 aliphatic rings. The van der Waals surface area contributed by atoms with Gasteiger partial charge in [-0.1, -0.05) is 18.2 Å². The molecule has 21 heavy (non-hydrogen) atoms. The summed E-state index contributed by atoms with van der Waals surface area (Å²) in [5.41, 5.74) is -0.644. The van der Waals surface area contributed by atoms with Gasteiger partial charge in [0.15, 0.2) is 5.60 Å². The van der Waals surface area contributed by atoms with Crippen LogP contribution in [0.3, 0.4) is 0 Å². The molecule has 0 spiro atoms. The number of thiophene rings is 1. The molecular formula is C15H15NO4S. The van der Waals surface area contributed by atoms with Gasteiger partial charge in [0.1, 0.15) is 0 Å². The zero-order valence-corrected chi connectivity index (χ0v) is 12.4. The van der Waals surface area contributed by atoms with Gasteiger partial charge in [-0.3, -0.25) is 4.79 Å². The first-order valence-electron chi connectivity index (χ1n) is 6.61. The predicted molar refractivity (Wildman–Crippen MR) is 79.7 cm³/mol. The maximum Gasteiger partial charge on any atom is 0.337 e. The Morgan fingerprint density at radius 2 is 2.14 bits per heavy atom. The van der Waals surface area contributed by atoms with Gasteiger partial charge in [-0.25, -0.2) is 4.79 Å². The summed E-state index contributed by atoms with van der Waals surface area (Å²) in [7, 11) is 1.38. The van der Waals surface area contributed by atoms with Crippen molar-refractivity contribution in [2.24, 2.45) is 0 Å². The Balaban J connectivity index is 1.89. The molecule has 1 fully saturated rings. The monoisotopic (exact) mass is 305 g/mol. The lowest BCUT2D eigenvalue weighted by molar-refractivity contribution is -0.160. The molecule has 1 aromatic carbocycles. The molecule has 0 aliphatic carbocycles. The molecule has 1 unspecified atom stereocenters. The average molecular weight is 305 g/mol. The molecule has 3 rings (SSSR count). The number of rotatable bonds is 3. The van der Waals surface area contributed by atoms with Crippen molar-refractivity contribution in [1.29, 1.82) is 0 Å². The van der Waals surface area contributed by atoms with Crippen molar-refractivity contribution in [2.75, 3.05) is 20.2 Å². The highest BCUT2D eigenvalue weighted by Gasteiger charge is 2.47. The third-order valence-corrected chi connectivity index (χ3v) is 4.97. The lowest BCUT2D eigenvalue weighted by atomic mass is 10.0. The molecule has 0 bridgehead atoms. The van der Waals surface area contributed by atoms with Crippen molar-refractivity contribution in [1.82, 2.24) is 4.90 Å². The van der Waals surface area contributed by atoms with E-state index in [4.69, 9.17) is 4.74 Å². The second kappa shape index (κ2) is 5.13. The first-order valence-corrected chi connectivity index (χ1v) is 7.49. The van der Waals surface area contributed by atoms with Crippen molar-refractivity contribution in [3.63, 3.8) is 0 Å². The van der Waals surface area contributed by atoms with E-state index < -0.39 is 11.6 Å². The van der Waals surface area contributed by atoms with Gasteiger partial charge in [0.2, 0.25) is 0 Å². The Kier molecular flexibility index (Phi) is 3.43. The quantitative estimate of drug-likeness (QED) is 0.944. The molecule has 2 heterocycles.